The molecule has 0 fully saturated rings. The highest BCUT2D eigenvalue weighted by Crippen LogP contribution is 2.27. The smallest absolute Gasteiger partial charge is 0.0772 e. The fourth-order valence-corrected chi connectivity index (χ4v) is 2.36. The molecule has 0 heterocycles. The van der Waals surface area contributed by atoms with Gasteiger partial charge >= 0.3 is 0 Å². The molecule has 17 heavy (non-hydrogen) atoms. The summed E-state index contributed by atoms with van der Waals surface area (Å²) in [6, 6.07) is 5.97. The monoisotopic (exact) mass is 301 g/mol. The first-order valence-corrected chi connectivity index (χ1v) is 6.46. The number of hydrogen-bond donors (Lipinski definition) is 1. The summed E-state index contributed by atoms with van der Waals surface area (Å²) < 4.78 is 6.17. The van der Waals surface area contributed by atoms with Crippen LogP contribution in [0.1, 0.15) is 25.5 Å². The molecule has 1 N–H and O–H groups in total. The van der Waals surface area contributed by atoms with E-state index in [0.29, 0.717) is 0 Å². The van der Waals surface area contributed by atoms with E-state index in [-0.39, 0.29) is 6.10 Å². The average Bonchev–Trinajstić information content (AvgIpc) is 2.28. The highest BCUT2D eigenvalue weighted by molar-refractivity contribution is 9.10. The Kier molecular flexibility index (Phi) is 5.43. The summed E-state index contributed by atoms with van der Waals surface area (Å²) >= 11 is 3.48. The Morgan fingerprint density at radius 1 is 1.41 bits per heavy atom. The maximum Gasteiger partial charge on any atom is 0.0772 e. The zero-order valence-corrected chi connectivity index (χ0v) is 12.4. The molecule has 0 saturated carbocycles. The van der Waals surface area contributed by atoms with E-state index >= 15 is 0 Å². The Labute approximate surface area is 112 Å². The van der Waals surface area contributed by atoms with E-state index in [2.05, 4.69) is 20.8 Å². The van der Waals surface area contributed by atoms with Crippen LogP contribution in [0.25, 0.3) is 0 Å². The van der Waals surface area contributed by atoms with Crippen LogP contribution in [0.3, 0.4) is 0 Å². The molecule has 2 unspecified atom stereocenters. The van der Waals surface area contributed by atoms with Gasteiger partial charge in [-0.05, 0) is 31.5 Å². The molecule has 0 amide bonds. The predicted octanol–water partition coefficient (Wildman–Crippen LogP) is 2.97. The van der Waals surface area contributed by atoms with E-state index in [1.54, 1.807) is 14.0 Å². The molecule has 96 valence electrons. The van der Waals surface area contributed by atoms with Gasteiger partial charge in [0, 0.05) is 30.9 Å². The third-order valence-corrected chi connectivity index (χ3v) is 3.49. The van der Waals surface area contributed by atoms with Gasteiger partial charge in [0.15, 0.2) is 0 Å². The number of aliphatic hydroxyl groups is 1. The van der Waals surface area contributed by atoms with Crippen LogP contribution >= 0.6 is 15.9 Å². The summed E-state index contributed by atoms with van der Waals surface area (Å²) in [6.45, 7) is 4.63. The number of anilines is 1. The van der Waals surface area contributed by atoms with Gasteiger partial charge < -0.3 is 14.7 Å². The Morgan fingerprint density at radius 2 is 2.06 bits per heavy atom. The van der Waals surface area contributed by atoms with Crippen molar-refractivity contribution in [3.8, 4) is 0 Å². The van der Waals surface area contributed by atoms with Crippen LogP contribution in [0.4, 0.5) is 5.69 Å². The zero-order chi connectivity index (χ0) is 13.0. The number of benzene rings is 1. The normalized spacial score (nSPS) is 14.5. The third-order valence-electron chi connectivity index (χ3n) is 2.81. The van der Waals surface area contributed by atoms with Gasteiger partial charge in [-0.15, -0.1) is 0 Å². The van der Waals surface area contributed by atoms with Crippen molar-refractivity contribution in [2.24, 2.45) is 0 Å². The van der Waals surface area contributed by atoms with Crippen molar-refractivity contribution in [3.05, 3.63) is 28.2 Å². The summed E-state index contributed by atoms with van der Waals surface area (Å²) in [5.74, 6) is 0. The molecule has 0 saturated heterocycles. The minimum Gasteiger partial charge on any atom is -0.389 e. The lowest BCUT2D eigenvalue weighted by molar-refractivity contribution is 0.124. The van der Waals surface area contributed by atoms with E-state index in [4.69, 9.17) is 4.74 Å². The van der Waals surface area contributed by atoms with Crippen LogP contribution in [0.15, 0.2) is 22.7 Å². The summed E-state index contributed by atoms with van der Waals surface area (Å²) in [7, 11) is 3.74. The molecule has 0 bridgehead atoms. The topological polar surface area (TPSA) is 32.7 Å². The molecular weight excluding hydrogens is 282 g/mol. The van der Waals surface area contributed by atoms with Crippen molar-refractivity contribution in [3.63, 3.8) is 0 Å². The SMILES string of the molecule is COC(C)CN(C)c1ccc(C(C)O)c(Br)c1. The quantitative estimate of drug-likeness (QED) is 0.907. The van der Waals surface area contributed by atoms with Crippen LogP contribution in [-0.4, -0.2) is 31.9 Å². The van der Waals surface area contributed by atoms with Crippen molar-refractivity contribution >= 4 is 21.6 Å². The Hall–Kier alpha value is -0.580. The van der Waals surface area contributed by atoms with Crippen molar-refractivity contribution < 1.29 is 9.84 Å². The number of halogens is 1. The minimum absolute atomic E-state index is 0.190. The van der Waals surface area contributed by atoms with Gasteiger partial charge in [0.2, 0.25) is 0 Å². The molecule has 1 rings (SSSR count). The minimum atomic E-state index is -0.457. The summed E-state index contributed by atoms with van der Waals surface area (Å²) in [5.41, 5.74) is 2.01. The lowest BCUT2D eigenvalue weighted by Gasteiger charge is -2.23. The van der Waals surface area contributed by atoms with Gasteiger partial charge in [0.1, 0.15) is 0 Å². The highest BCUT2D eigenvalue weighted by atomic mass is 79.9. The van der Waals surface area contributed by atoms with Crippen molar-refractivity contribution in [2.45, 2.75) is 26.1 Å². The molecule has 0 spiro atoms. The van der Waals surface area contributed by atoms with Gasteiger partial charge in [-0.3, -0.25) is 0 Å². The maximum atomic E-state index is 9.55. The summed E-state index contributed by atoms with van der Waals surface area (Å²) in [5, 5.41) is 9.55. The second-order valence-electron chi connectivity index (χ2n) is 4.31. The molecule has 0 aliphatic carbocycles. The molecule has 1 aromatic rings. The van der Waals surface area contributed by atoms with Crippen LogP contribution in [0, 0.1) is 0 Å². The number of ether oxygens (including phenoxy) is 1. The zero-order valence-electron chi connectivity index (χ0n) is 10.8. The standard InChI is InChI=1S/C13H20BrNO2/c1-9(17-4)8-15(3)11-5-6-12(10(2)16)13(14)7-11/h5-7,9-10,16H,8H2,1-4H3. The Bertz CT molecular complexity index is 368. The molecule has 2 atom stereocenters. The van der Waals surface area contributed by atoms with Crippen LogP contribution < -0.4 is 4.90 Å². The Balaban J connectivity index is 2.82. The second kappa shape index (κ2) is 6.38. The first-order chi connectivity index (χ1) is 7.95. The maximum absolute atomic E-state index is 9.55. The van der Waals surface area contributed by atoms with Gasteiger partial charge in [-0.2, -0.15) is 0 Å². The van der Waals surface area contributed by atoms with Crippen LogP contribution in [0.2, 0.25) is 0 Å². The van der Waals surface area contributed by atoms with Gasteiger partial charge in [-0.1, -0.05) is 22.0 Å². The largest absolute Gasteiger partial charge is 0.389 e. The van der Waals surface area contributed by atoms with Crippen LogP contribution in [0.5, 0.6) is 0 Å². The van der Waals surface area contributed by atoms with E-state index in [1.165, 1.54) is 0 Å². The molecular formula is C13H20BrNO2. The van der Waals surface area contributed by atoms with E-state index in [9.17, 15) is 5.11 Å². The lowest BCUT2D eigenvalue weighted by atomic mass is 10.1. The number of nitrogens with zero attached hydrogens (tertiary/aromatic N) is 1. The van der Waals surface area contributed by atoms with Crippen molar-refractivity contribution in [1.82, 2.24) is 0 Å². The molecule has 0 aliphatic rings. The number of rotatable bonds is 5. The number of likely N-dealkylation sites (N-methyl/N-ethyl adjacent to an activating group) is 1. The van der Waals surface area contributed by atoms with Gasteiger partial charge in [-0.25, -0.2) is 0 Å². The predicted molar refractivity (Wildman–Crippen MR) is 74.5 cm³/mol. The third kappa shape index (κ3) is 3.98. The molecule has 0 aromatic heterocycles. The molecule has 1 aromatic carbocycles. The average molecular weight is 302 g/mol. The fraction of sp³-hybridized carbons (Fsp3) is 0.538. The number of aliphatic hydroxyl groups excluding tert-OH is 1. The second-order valence-corrected chi connectivity index (χ2v) is 5.16. The first-order valence-electron chi connectivity index (χ1n) is 5.67. The highest BCUT2D eigenvalue weighted by Gasteiger charge is 2.10. The van der Waals surface area contributed by atoms with Gasteiger partial charge in [0.05, 0.1) is 12.2 Å². The molecule has 0 aliphatic heterocycles. The number of hydrogen-bond acceptors (Lipinski definition) is 3. The first kappa shape index (κ1) is 14.5. The van der Waals surface area contributed by atoms with E-state index in [0.717, 1.165) is 22.3 Å². The van der Waals surface area contributed by atoms with E-state index < -0.39 is 6.10 Å². The molecule has 4 heteroatoms. The van der Waals surface area contributed by atoms with Gasteiger partial charge in [0.25, 0.3) is 0 Å². The Morgan fingerprint density at radius 3 is 2.53 bits per heavy atom. The van der Waals surface area contributed by atoms with E-state index in [1.807, 2.05) is 32.2 Å². The number of methoxy groups -OCH3 is 1. The molecule has 3 nitrogen and oxygen atoms in total. The lowest BCUT2D eigenvalue weighted by Crippen LogP contribution is -2.28. The summed E-state index contributed by atoms with van der Waals surface area (Å²) in [6.07, 6.45) is -0.267. The summed E-state index contributed by atoms with van der Waals surface area (Å²) in [4.78, 5) is 2.13. The fourth-order valence-electron chi connectivity index (χ4n) is 1.66. The van der Waals surface area contributed by atoms with Crippen LogP contribution in [-0.2, 0) is 4.74 Å². The molecule has 0 radical (unpaired) electrons. The van der Waals surface area contributed by atoms with Crippen molar-refractivity contribution in [1.29, 1.82) is 0 Å². The van der Waals surface area contributed by atoms with Crippen molar-refractivity contribution in [2.75, 3.05) is 25.6 Å².